The number of pyridine rings is 1. The van der Waals surface area contributed by atoms with Gasteiger partial charge >= 0.3 is 0 Å². The second-order valence-electron chi connectivity index (χ2n) is 5.66. The second-order valence-corrected chi connectivity index (χ2v) is 6.50. The summed E-state index contributed by atoms with van der Waals surface area (Å²) in [6.45, 7) is 4.15. The van der Waals surface area contributed by atoms with Crippen molar-refractivity contribution >= 4 is 28.1 Å². The molecule has 0 saturated heterocycles. The molecule has 2 aromatic heterocycles. The van der Waals surface area contributed by atoms with Crippen LogP contribution in [-0.2, 0) is 11.3 Å². The Bertz CT molecular complexity index is 712. The van der Waals surface area contributed by atoms with Gasteiger partial charge in [-0.05, 0) is 31.4 Å². The van der Waals surface area contributed by atoms with Crippen LogP contribution in [0.2, 0.25) is 0 Å². The fourth-order valence-corrected chi connectivity index (χ4v) is 3.34. The van der Waals surface area contributed by atoms with Gasteiger partial charge in [0.15, 0.2) is 5.13 Å². The minimum absolute atomic E-state index is 0.0610. The van der Waals surface area contributed by atoms with Crippen LogP contribution in [0, 0.1) is 6.92 Å². The summed E-state index contributed by atoms with van der Waals surface area (Å²) in [6, 6.07) is 2.33. The van der Waals surface area contributed by atoms with Gasteiger partial charge < -0.3 is 10.1 Å². The van der Waals surface area contributed by atoms with Gasteiger partial charge in [-0.15, -0.1) is 11.3 Å². The highest BCUT2D eigenvalue weighted by atomic mass is 32.1. The van der Waals surface area contributed by atoms with Gasteiger partial charge in [-0.2, -0.15) is 0 Å². The van der Waals surface area contributed by atoms with Crippen molar-refractivity contribution in [2.75, 3.05) is 17.3 Å². The van der Waals surface area contributed by atoms with Crippen LogP contribution in [0.1, 0.15) is 31.0 Å². The Balaban J connectivity index is 1.70. The first-order valence-electron chi connectivity index (χ1n) is 7.57. The van der Waals surface area contributed by atoms with Crippen LogP contribution in [0.15, 0.2) is 17.6 Å². The smallest absolute Gasteiger partial charge is 0.237 e. The van der Waals surface area contributed by atoms with E-state index in [0.717, 1.165) is 34.9 Å². The first-order valence-corrected chi connectivity index (χ1v) is 8.45. The zero-order valence-electron chi connectivity index (χ0n) is 13.5. The SMILES string of the molecule is COc1ncc(C)cc1NCc1csc(N(C(C)=O)C2CC2)n1. The third-order valence-corrected chi connectivity index (χ3v) is 4.53. The summed E-state index contributed by atoms with van der Waals surface area (Å²) in [6.07, 6.45) is 3.91. The van der Waals surface area contributed by atoms with Gasteiger partial charge in [0.1, 0.15) is 0 Å². The van der Waals surface area contributed by atoms with Gasteiger partial charge in [0, 0.05) is 24.5 Å². The molecule has 6 nitrogen and oxygen atoms in total. The monoisotopic (exact) mass is 332 g/mol. The number of rotatable bonds is 6. The van der Waals surface area contributed by atoms with E-state index in [1.807, 2.05) is 23.3 Å². The molecule has 1 saturated carbocycles. The van der Waals surface area contributed by atoms with Crippen LogP contribution in [0.3, 0.4) is 0 Å². The minimum atomic E-state index is 0.0610. The van der Waals surface area contributed by atoms with Crippen molar-refractivity contribution in [1.82, 2.24) is 9.97 Å². The number of amides is 1. The Labute approximate surface area is 139 Å². The van der Waals surface area contributed by atoms with Gasteiger partial charge in [0.25, 0.3) is 0 Å². The van der Waals surface area contributed by atoms with Gasteiger partial charge in [0.05, 0.1) is 25.0 Å². The number of aryl methyl sites for hydroxylation is 1. The molecule has 122 valence electrons. The van der Waals surface area contributed by atoms with Crippen LogP contribution < -0.4 is 15.0 Å². The predicted molar refractivity (Wildman–Crippen MR) is 91.1 cm³/mol. The first-order chi connectivity index (χ1) is 11.1. The molecular weight excluding hydrogens is 312 g/mol. The molecule has 0 atom stereocenters. The Kier molecular flexibility index (Phi) is 4.47. The number of carbonyl (C=O) groups is 1. The van der Waals surface area contributed by atoms with E-state index in [9.17, 15) is 4.79 Å². The van der Waals surface area contributed by atoms with Crippen molar-refractivity contribution in [3.63, 3.8) is 0 Å². The van der Waals surface area contributed by atoms with E-state index in [-0.39, 0.29) is 5.91 Å². The zero-order valence-corrected chi connectivity index (χ0v) is 14.3. The molecule has 0 spiro atoms. The summed E-state index contributed by atoms with van der Waals surface area (Å²) < 4.78 is 5.26. The molecule has 1 fully saturated rings. The number of carbonyl (C=O) groups excluding carboxylic acids is 1. The summed E-state index contributed by atoms with van der Waals surface area (Å²) in [7, 11) is 1.60. The fourth-order valence-electron chi connectivity index (χ4n) is 2.40. The summed E-state index contributed by atoms with van der Waals surface area (Å²) >= 11 is 1.51. The van der Waals surface area contributed by atoms with E-state index >= 15 is 0 Å². The zero-order chi connectivity index (χ0) is 16.4. The largest absolute Gasteiger partial charge is 0.480 e. The molecule has 0 aliphatic heterocycles. The van der Waals surface area contributed by atoms with E-state index < -0.39 is 0 Å². The van der Waals surface area contributed by atoms with Crippen molar-refractivity contribution < 1.29 is 9.53 Å². The van der Waals surface area contributed by atoms with Gasteiger partial charge in [-0.1, -0.05) is 0 Å². The molecule has 23 heavy (non-hydrogen) atoms. The second kappa shape index (κ2) is 6.54. The molecule has 1 N–H and O–H groups in total. The number of nitrogens with zero attached hydrogens (tertiary/aromatic N) is 3. The highest BCUT2D eigenvalue weighted by Gasteiger charge is 2.33. The van der Waals surface area contributed by atoms with Crippen molar-refractivity contribution in [3.8, 4) is 5.88 Å². The number of aromatic nitrogens is 2. The summed E-state index contributed by atoms with van der Waals surface area (Å²) in [5, 5.41) is 6.07. The Morgan fingerprint density at radius 3 is 2.96 bits per heavy atom. The molecular formula is C16H20N4O2S. The molecule has 0 bridgehead atoms. The average molecular weight is 332 g/mol. The van der Waals surface area contributed by atoms with Crippen molar-refractivity contribution in [2.45, 2.75) is 39.3 Å². The van der Waals surface area contributed by atoms with Crippen LogP contribution in [0.25, 0.3) is 0 Å². The van der Waals surface area contributed by atoms with E-state index in [1.165, 1.54) is 11.3 Å². The minimum Gasteiger partial charge on any atom is -0.480 e. The molecule has 0 aromatic carbocycles. The molecule has 1 amide bonds. The summed E-state index contributed by atoms with van der Waals surface area (Å²) in [5.74, 6) is 0.625. The predicted octanol–water partition coefficient (Wildman–Crippen LogP) is 2.98. The molecule has 1 aliphatic carbocycles. The topological polar surface area (TPSA) is 67.3 Å². The maximum atomic E-state index is 11.8. The number of hydrogen-bond donors (Lipinski definition) is 1. The van der Waals surface area contributed by atoms with Gasteiger partial charge in [-0.25, -0.2) is 9.97 Å². The van der Waals surface area contributed by atoms with Crippen LogP contribution in [0.4, 0.5) is 10.8 Å². The summed E-state index contributed by atoms with van der Waals surface area (Å²) in [4.78, 5) is 22.4. The van der Waals surface area contributed by atoms with E-state index in [0.29, 0.717) is 18.5 Å². The normalized spacial score (nSPS) is 13.7. The van der Waals surface area contributed by atoms with E-state index in [4.69, 9.17) is 4.74 Å². The Morgan fingerprint density at radius 2 is 2.30 bits per heavy atom. The van der Waals surface area contributed by atoms with Crippen LogP contribution in [0.5, 0.6) is 5.88 Å². The molecule has 3 rings (SSSR count). The lowest BCUT2D eigenvalue weighted by molar-refractivity contribution is -0.116. The standard InChI is InChI=1S/C16H20N4O2S/c1-10-6-14(15(22-3)18-7-10)17-8-12-9-23-16(19-12)20(11(2)21)13-4-5-13/h6-7,9,13,17H,4-5,8H2,1-3H3. The van der Waals surface area contributed by atoms with Crippen LogP contribution in [-0.4, -0.2) is 29.0 Å². The lowest BCUT2D eigenvalue weighted by Gasteiger charge is -2.16. The first kappa shape index (κ1) is 15.7. The molecule has 0 radical (unpaired) electrons. The number of methoxy groups -OCH3 is 1. The van der Waals surface area contributed by atoms with Gasteiger partial charge in [0.2, 0.25) is 11.8 Å². The number of anilines is 2. The van der Waals surface area contributed by atoms with Crippen molar-refractivity contribution in [1.29, 1.82) is 0 Å². The lowest BCUT2D eigenvalue weighted by atomic mass is 10.3. The lowest BCUT2D eigenvalue weighted by Crippen LogP contribution is -2.30. The third kappa shape index (κ3) is 3.61. The Hall–Kier alpha value is -2.15. The van der Waals surface area contributed by atoms with Crippen LogP contribution >= 0.6 is 11.3 Å². The highest BCUT2D eigenvalue weighted by molar-refractivity contribution is 7.14. The van der Waals surface area contributed by atoms with Crippen molar-refractivity contribution in [3.05, 3.63) is 28.9 Å². The van der Waals surface area contributed by atoms with E-state index in [1.54, 1.807) is 20.2 Å². The fraction of sp³-hybridized carbons (Fsp3) is 0.438. The molecule has 2 heterocycles. The molecule has 7 heteroatoms. The van der Waals surface area contributed by atoms with Gasteiger partial charge in [-0.3, -0.25) is 9.69 Å². The number of ether oxygens (including phenoxy) is 1. The quantitative estimate of drug-likeness (QED) is 0.881. The third-order valence-electron chi connectivity index (χ3n) is 3.64. The highest BCUT2D eigenvalue weighted by Crippen LogP contribution is 2.33. The molecule has 1 aliphatic rings. The Morgan fingerprint density at radius 1 is 1.52 bits per heavy atom. The number of thiazole rings is 1. The average Bonchev–Trinajstić information content (AvgIpc) is 3.23. The number of hydrogen-bond acceptors (Lipinski definition) is 6. The van der Waals surface area contributed by atoms with Crippen molar-refractivity contribution in [2.24, 2.45) is 0 Å². The molecule has 0 unspecified atom stereocenters. The van der Waals surface area contributed by atoms with E-state index in [2.05, 4.69) is 15.3 Å². The maximum absolute atomic E-state index is 11.8. The number of nitrogens with one attached hydrogen (secondary N) is 1. The molecule has 2 aromatic rings. The summed E-state index contributed by atoms with van der Waals surface area (Å²) in [5.41, 5.74) is 2.80. The maximum Gasteiger partial charge on any atom is 0.237 e.